The van der Waals surface area contributed by atoms with E-state index in [1.165, 1.54) is 0 Å². The van der Waals surface area contributed by atoms with Crippen LogP contribution >= 0.6 is 23.4 Å². The first-order chi connectivity index (χ1) is 10.1. The van der Waals surface area contributed by atoms with Crippen LogP contribution in [-0.4, -0.2) is 39.7 Å². The third kappa shape index (κ3) is 3.39. The van der Waals surface area contributed by atoms with Gasteiger partial charge in [0.2, 0.25) is 5.91 Å². The normalized spacial score (nSPS) is 10.7. The Kier molecular flexibility index (Phi) is 5.25. The maximum Gasteiger partial charge on any atom is 0.228 e. The third-order valence-electron chi connectivity index (χ3n) is 3.11. The molecule has 2 heterocycles. The van der Waals surface area contributed by atoms with Crippen LogP contribution in [0.25, 0.3) is 11.3 Å². The van der Waals surface area contributed by atoms with E-state index in [4.69, 9.17) is 11.6 Å². The molecule has 112 valence electrons. The van der Waals surface area contributed by atoms with Gasteiger partial charge in [-0.3, -0.25) is 19.4 Å². The number of hydrogen-bond donors (Lipinski definition) is 0. The van der Waals surface area contributed by atoms with Crippen molar-refractivity contribution in [3.05, 3.63) is 29.5 Å². The van der Waals surface area contributed by atoms with Gasteiger partial charge in [-0.2, -0.15) is 16.9 Å². The van der Waals surface area contributed by atoms with Gasteiger partial charge in [0.15, 0.2) is 5.82 Å². The largest absolute Gasteiger partial charge is 0.299 e. The van der Waals surface area contributed by atoms with Gasteiger partial charge >= 0.3 is 0 Å². The Balaban J connectivity index is 2.34. The molecule has 21 heavy (non-hydrogen) atoms. The summed E-state index contributed by atoms with van der Waals surface area (Å²) < 4.78 is 1.63. The summed E-state index contributed by atoms with van der Waals surface area (Å²) in [6, 6.07) is 3.72. The van der Waals surface area contributed by atoms with Crippen molar-refractivity contribution in [2.45, 2.75) is 6.42 Å². The first-order valence-electron chi connectivity index (χ1n) is 6.44. The molecule has 0 saturated carbocycles. The number of aromatic nitrogens is 3. The molecule has 0 atom stereocenters. The highest BCUT2D eigenvalue weighted by Crippen LogP contribution is 2.34. The van der Waals surface area contributed by atoms with Crippen molar-refractivity contribution in [1.82, 2.24) is 14.8 Å². The highest BCUT2D eigenvalue weighted by molar-refractivity contribution is 7.98. The predicted octanol–water partition coefficient (Wildman–Crippen LogP) is 2.85. The molecule has 0 aliphatic rings. The fourth-order valence-corrected chi connectivity index (χ4v) is 2.79. The van der Waals surface area contributed by atoms with Crippen LogP contribution < -0.4 is 4.90 Å². The average molecular weight is 325 g/mol. The van der Waals surface area contributed by atoms with E-state index < -0.39 is 0 Å². The van der Waals surface area contributed by atoms with Crippen LogP contribution in [0.2, 0.25) is 5.02 Å². The van der Waals surface area contributed by atoms with E-state index in [-0.39, 0.29) is 5.91 Å². The van der Waals surface area contributed by atoms with Gasteiger partial charge in [-0.1, -0.05) is 11.6 Å². The van der Waals surface area contributed by atoms with Gasteiger partial charge in [0.05, 0.1) is 0 Å². The molecule has 0 aliphatic carbocycles. The molecular formula is C14H17ClN4OS. The lowest BCUT2D eigenvalue weighted by atomic mass is 10.2. The van der Waals surface area contributed by atoms with Crippen LogP contribution in [0.4, 0.5) is 5.82 Å². The molecule has 0 N–H and O–H groups in total. The number of rotatable bonds is 5. The number of hydrogen-bond acceptors (Lipinski definition) is 4. The molecule has 0 aliphatic heterocycles. The number of amides is 1. The second-order valence-electron chi connectivity index (χ2n) is 4.55. The first kappa shape index (κ1) is 15.9. The topological polar surface area (TPSA) is 51.0 Å². The molecule has 2 aromatic heterocycles. The molecule has 0 spiro atoms. The van der Waals surface area contributed by atoms with Crippen molar-refractivity contribution >= 4 is 35.1 Å². The summed E-state index contributed by atoms with van der Waals surface area (Å²) in [4.78, 5) is 17.8. The molecule has 0 radical (unpaired) electrons. The van der Waals surface area contributed by atoms with Gasteiger partial charge in [0.25, 0.3) is 0 Å². The van der Waals surface area contributed by atoms with Crippen LogP contribution in [0.3, 0.4) is 0 Å². The standard InChI is InChI=1S/C14H17ClN4OS/c1-18(11(20)6-8-21-3)14-12(15)13(17-19(14)2)10-5-4-7-16-9-10/h4-5,7,9H,6,8H2,1-3H3. The van der Waals surface area contributed by atoms with Gasteiger partial charge in [0.1, 0.15) is 10.7 Å². The van der Waals surface area contributed by atoms with Gasteiger partial charge < -0.3 is 0 Å². The van der Waals surface area contributed by atoms with Gasteiger partial charge in [0, 0.05) is 44.2 Å². The van der Waals surface area contributed by atoms with Crippen molar-refractivity contribution in [3.63, 3.8) is 0 Å². The summed E-state index contributed by atoms with van der Waals surface area (Å²) in [5.74, 6) is 1.40. The summed E-state index contributed by atoms with van der Waals surface area (Å²) in [6.45, 7) is 0. The minimum absolute atomic E-state index is 0.0204. The fraction of sp³-hybridized carbons (Fsp3) is 0.357. The number of halogens is 1. The Labute approximate surface area is 133 Å². The van der Waals surface area contributed by atoms with Gasteiger partial charge in [-0.05, 0) is 18.4 Å². The minimum Gasteiger partial charge on any atom is -0.299 e. The second kappa shape index (κ2) is 6.95. The Hall–Kier alpha value is -1.53. The van der Waals surface area contributed by atoms with E-state index in [1.807, 2.05) is 18.4 Å². The Morgan fingerprint density at radius 2 is 2.29 bits per heavy atom. The maximum absolute atomic E-state index is 12.2. The van der Waals surface area contributed by atoms with Crippen molar-refractivity contribution in [1.29, 1.82) is 0 Å². The van der Waals surface area contributed by atoms with E-state index in [0.29, 0.717) is 23.0 Å². The van der Waals surface area contributed by atoms with E-state index in [2.05, 4.69) is 10.1 Å². The molecule has 0 bridgehead atoms. The number of carbonyl (C=O) groups excluding carboxylic acids is 1. The number of thioether (sulfide) groups is 1. The summed E-state index contributed by atoms with van der Waals surface area (Å²) >= 11 is 8.07. The monoisotopic (exact) mass is 324 g/mol. The van der Waals surface area contributed by atoms with Crippen molar-refractivity contribution in [3.8, 4) is 11.3 Å². The molecule has 5 nitrogen and oxygen atoms in total. The Morgan fingerprint density at radius 1 is 1.52 bits per heavy atom. The maximum atomic E-state index is 12.2. The first-order valence-corrected chi connectivity index (χ1v) is 8.21. The van der Waals surface area contributed by atoms with E-state index in [0.717, 1.165) is 11.3 Å². The molecule has 0 unspecified atom stereocenters. The number of anilines is 1. The zero-order chi connectivity index (χ0) is 15.4. The molecule has 0 saturated heterocycles. The third-order valence-corrected chi connectivity index (χ3v) is 4.07. The fourth-order valence-electron chi connectivity index (χ4n) is 2.02. The quantitative estimate of drug-likeness (QED) is 0.848. The van der Waals surface area contributed by atoms with Crippen LogP contribution in [-0.2, 0) is 11.8 Å². The number of aryl methyl sites for hydroxylation is 1. The molecule has 1 amide bonds. The smallest absolute Gasteiger partial charge is 0.228 e. The lowest BCUT2D eigenvalue weighted by Crippen LogP contribution is -2.28. The summed E-state index contributed by atoms with van der Waals surface area (Å²) in [5.41, 5.74) is 1.46. The van der Waals surface area contributed by atoms with Crippen LogP contribution in [0.15, 0.2) is 24.5 Å². The minimum atomic E-state index is 0.0204. The lowest BCUT2D eigenvalue weighted by Gasteiger charge is -2.17. The number of nitrogens with zero attached hydrogens (tertiary/aromatic N) is 4. The second-order valence-corrected chi connectivity index (χ2v) is 5.91. The van der Waals surface area contributed by atoms with Crippen LogP contribution in [0.5, 0.6) is 0 Å². The Bertz CT molecular complexity index is 629. The van der Waals surface area contributed by atoms with Gasteiger partial charge in [-0.25, -0.2) is 0 Å². The molecule has 2 rings (SSSR count). The zero-order valence-electron chi connectivity index (χ0n) is 12.2. The molecule has 2 aromatic rings. The number of pyridine rings is 1. The van der Waals surface area contributed by atoms with Crippen molar-refractivity contribution in [2.75, 3.05) is 24.0 Å². The molecule has 0 aromatic carbocycles. The SMILES string of the molecule is CSCCC(=O)N(C)c1c(Cl)c(-c2cccnc2)nn1C. The summed E-state index contributed by atoms with van der Waals surface area (Å²) in [6.07, 6.45) is 5.85. The van der Waals surface area contributed by atoms with E-state index >= 15 is 0 Å². The molecule has 7 heteroatoms. The molecular weight excluding hydrogens is 308 g/mol. The lowest BCUT2D eigenvalue weighted by molar-refractivity contribution is -0.118. The van der Waals surface area contributed by atoms with Crippen LogP contribution in [0.1, 0.15) is 6.42 Å². The van der Waals surface area contributed by atoms with Crippen LogP contribution in [0, 0.1) is 0 Å². The summed E-state index contributed by atoms with van der Waals surface area (Å²) in [5, 5.41) is 4.87. The predicted molar refractivity (Wildman–Crippen MR) is 87.9 cm³/mol. The molecule has 0 fully saturated rings. The van der Waals surface area contributed by atoms with E-state index in [9.17, 15) is 4.79 Å². The number of carbonyl (C=O) groups is 1. The highest BCUT2D eigenvalue weighted by Gasteiger charge is 2.22. The average Bonchev–Trinajstić information content (AvgIpc) is 2.80. The van der Waals surface area contributed by atoms with Crippen molar-refractivity contribution < 1.29 is 4.79 Å². The summed E-state index contributed by atoms with van der Waals surface area (Å²) in [7, 11) is 3.50. The zero-order valence-corrected chi connectivity index (χ0v) is 13.8. The Morgan fingerprint density at radius 3 is 2.90 bits per heavy atom. The van der Waals surface area contributed by atoms with Gasteiger partial charge in [-0.15, -0.1) is 0 Å². The van der Waals surface area contributed by atoms with Crippen molar-refractivity contribution in [2.24, 2.45) is 7.05 Å². The van der Waals surface area contributed by atoms with E-state index in [1.54, 1.807) is 47.8 Å². The highest BCUT2D eigenvalue weighted by atomic mass is 35.5.